The van der Waals surface area contributed by atoms with E-state index in [4.69, 9.17) is 27.9 Å². The van der Waals surface area contributed by atoms with Crippen molar-refractivity contribution in [2.45, 2.75) is 9.10 Å². The van der Waals surface area contributed by atoms with Gasteiger partial charge in [-0.05, 0) is 41.8 Å². The highest BCUT2D eigenvalue weighted by Crippen LogP contribution is 2.36. The van der Waals surface area contributed by atoms with Crippen LogP contribution in [0.4, 0.5) is 17.1 Å². The van der Waals surface area contributed by atoms with Crippen molar-refractivity contribution in [3.63, 3.8) is 0 Å². The minimum atomic E-state index is -4.28. The molecule has 0 fully saturated rings. The number of halogens is 2. The number of hydrogen-bond donors (Lipinski definition) is 3. The van der Waals surface area contributed by atoms with Gasteiger partial charge in [0, 0.05) is 12.7 Å². The second kappa shape index (κ2) is 9.77. The van der Waals surface area contributed by atoms with Gasteiger partial charge >= 0.3 is 5.97 Å². The van der Waals surface area contributed by atoms with Crippen molar-refractivity contribution in [1.29, 1.82) is 0 Å². The van der Waals surface area contributed by atoms with Gasteiger partial charge in [-0.2, -0.15) is 0 Å². The molecule has 0 aliphatic heterocycles. The van der Waals surface area contributed by atoms with Crippen molar-refractivity contribution in [1.82, 2.24) is 0 Å². The SMILES string of the molecule is CNc1ccc(S(=O)(=O)Nc2cc(Cl)c(Cl)cc2NS(=O)(=O)c2cccs2)cc1C(=O)OC. The molecule has 0 radical (unpaired) electrons. The van der Waals surface area contributed by atoms with Crippen LogP contribution in [0.25, 0.3) is 0 Å². The summed E-state index contributed by atoms with van der Waals surface area (Å²) < 4.78 is 60.8. The number of rotatable bonds is 8. The number of thiophene rings is 1. The Morgan fingerprint density at radius 2 is 1.52 bits per heavy atom. The Morgan fingerprint density at radius 1 is 0.909 bits per heavy atom. The van der Waals surface area contributed by atoms with E-state index in [1.807, 2.05) is 0 Å². The first kappa shape index (κ1) is 25.1. The molecule has 176 valence electrons. The van der Waals surface area contributed by atoms with Crippen LogP contribution in [-0.4, -0.2) is 37.0 Å². The summed E-state index contributed by atoms with van der Waals surface area (Å²) in [4.78, 5) is 11.8. The standard InChI is InChI=1S/C19H17Cl2N3O6S3/c1-22-15-6-5-11(8-12(15)19(25)30-2)32(26,27)23-16-9-13(20)14(21)10-17(16)24-33(28,29)18-4-3-7-31-18/h3-10,22-24H,1-2H3. The van der Waals surface area contributed by atoms with Crippen LogP contribution in [0, 0.1) is 0 Å². The number of benzene rings is 2. The second-order valence-corrected chi connectivity index (χ2v) is 11.8. The third-order valence-corrected chi connectivity index (χ3v) is 9.13. The van der Waals surface area contributed by atoms with Gasteiger partial charge < -0.3 is 10.1 Å². The number of carbonyl (C=O) groups excluding carboxylic acids is 1. The van der Waals surface area contributed by atoms with Crippen molar-refractivity contribution in [2.24, 2.45) is 0 Å². The maximum absolute atomic E-state index is 13.1. The predicted molar refractivity (Wildman–Crippen MR) is 130 cm³/mol. The fourth-order valence-electron chi connectivity index (χ4n) is 2.72. The first-order valence-corrected chi connectivity index (χ1v) is 13.6. The number of nitrogens with one attached hydrogen (secondary N) is 3. The van der Waals surface area contributed by atoms with E-state index >= 15 is 0 Å². The van der Waals surface area contributed by atoms with Crippen LogP contribution in [0.15, 0.2) is 56.9 Å². The molecule has 0 atom stereocenters. The van der Waals surface area contributed by atoms with Gasteiger partial charge in [-0.1, -0.05) is 29.3 Å². The highest BCUT2D eigenvalue weighted by atomic mass is 35.5. The fraction of sp³-hybridized carbons (Fsp3) is 0.105. The minimum absolute atomic E-state index is 0.00404. The molecule has 3 N–H and O–H groups in total. The number of hydrogen-bond acceptors (Lipinski definition) is 8. The van der Waals surface area contributed by atoms with Crippen LogP contribution in [0.3, 0.4) is 0 Å². The zero-order valence-corrected chi connectivity index (χ0v) is 21.0. The summed E-state index contributed by atoms with van der Waals surface area (Å²) in [6, 6.07) is 9.13. The lowest BCUT2D eigenvalue weighted by Gasteiger charge is -2.16. The largest absolute Gasteiger partial charge is 0.465 e. The predicted octanol–water partition coefficient (Wildman–Crippen LogP) is 4.48. The molecule has 0 unspecified atom stereocenters. The number of methoxy groups -OCH3 is 1. The molecule has 0 amide bonds. The first-order chi connectivity index (χ1) is 15.5. The molecule has 33 heavy (non-hydrogen) atoms. The van der Waals surface area contributed by atoms with Gasteiger partial charge in [-0.3, -0.25) is 9.44 Å². The quantitative estimate of drug-likeness (QED) is 0.353. The minimum Gasteiger partial charge on any atom is -0.465 e. The average molecular weight is 550 g/mol. The third-order valence-electron chi connectivity index (χ3n) is 4.29. The molecule has 0 saturated heterocycles. The van der Waals surface area contributed by atoms with E-state index in [0.717, 1.165) is 17.4 Å². The lowest BCUT2D eigenvalue weighted by atomic mass is 10.2. The zero-order chi connectivity index (χ0) is 24.4. The molecule has 0 saturated carbocycles. The topological polar surface area (TPSA) is 131 Å². The highest BCUT2D eigenvalue weighted by molar-refractivity contribution is 7.94. The monoisotopic (exact) mass is 549 g/mol. The van der Waals surface area contributed by atoms with Crippen LogP contribution < -0.4 is 14.8 Å². The van der Waals surface area contributed by atoms with E-state index in [0.29, 0.717) is 5.69 Å². The maximum atomic E-state index is 13.1. The lowest BCUT2D eigenvalue weighted by Crippen LogP contribution is -2.18. The molecule has 0 spiro atoms. The van der Waals surface area contributed by atoms with Gasteiger partial charge in [-0.15, -0.1) is 11.3 Å². The maximum Gasteiger partial charge on any atom is 0.340 e. The van der Waals surface area contributed by atoms with Crippen molar-refractivity contribution >= 4 is 77.6 Å². The molecule has 14 heteroatoms. The number of esters is 1. The molecule has 3 aromatic rings. The molecule has 0 aliphatic carbocycles. The Balaban J connectivity index is 2.04. The first-order valence-electron chi connectivity index (χ1n) is 8.97. The molecule has 3 rings (SSSR count). The molecule has 0 aliphatic rings. The molecular weight excluding hydrogens is 533 g/mol. The van der Waals surface area contributed by atoms with Gasteiger partial charge in [0.15, 0.2) is 0 Å². The number of anilines is 3. The zero-order valence-electron chi connectivity index (χ0n) is 17.0. The Morgan fingerprint density at radius 3 is 2.03 bits per heavy atom. The van der Waals surface area contributed by atoms with Crippen LogP contribution in [0.5, 0.6) is 0 Å². The van der Waals surface area contributed by atoms with Gasteiger partial charge in [-0.25, -0.2) is 21.6 Å². The van der Waals surface area contributed by atoms with Crippen LogP contribution in [-0.2, 0) is 24.8 Å². The molecular formula is C19H17Cl2N3O6S3. The van der Waals surface area contributed by atoms with Gasteiger partial charge in [0.2, 0.25) is 0 Å². The van der Waals surface area contributed by atoms with E-state index < -0.39 is 26.0 Å². The van der Waals surface area contributed by atoms with Crippen LogP contribution >= 0.6 is 34.5 Å². The van der Waals surface area contributed by atoms with Crippen molar-refractivity contribution < 1.29 is 26.4 Å². The van der Waals surface area contributed by atoms with Crippen molar-refractivity contribution in [2.75, 3.05) is 28.9 Å². The smallest absolute Gasteiger partial charge is 0.340 e. The number of ether oxygens (including phenoxy) is 1. The Labute approximate surface area is 204 Å². The molecule has 2 aromatic carbocycles. The summed E-state index contributed by atoms with van der Waals surface area (Å²) in [5.74, 6) is -0.740. The van der Waals surface area contributed by atoms with Gasteiger partial charge in [0.25, 0.3) is 20.0 Å². The molecule has 0 bridgehead atoms. The van der Waals surface area contributed by atoms with Crippen molar-refractivity contribution in [3.05, 3.63) is 63.5 Å². The summed E-state index contributed by atoms with van der Waals surface area (Å²) in [5.41, 5.74) is 0.0543. The Hall–Kier alpha value is -2.51. The van der Waals surface area contributed by atoms with Gasteiger partial charge in [0.05, 0.1) is 39.0 Å². The summed E-state index contributed by atoms with van der Waals surface area (Å²) >= 11 is 13.1. The van der Waals surface area contributed by atoms with Crippen LogP contribution in [0.1, 0.15) is 10.4 Å². The fourth-order valence-corrected chi connectivity index (χ4v) is 6.21. The normalized spacial score (nSPS) is 11.6. The summed E-state index contributed by atoms with van der Waals surface area (Å²) in [7, 11) is -5.56. The Kier molecular flexibility index (Phi) is 7.44. The van der Waals surface area contributed by atoms with E-state index in [1.54, 1.807) is 18.5 Å². The molecule has 1 heterocycles. The van der Waals surface area contributed by atoms with E-state index in [1.165, 1.54) is 37.4 Å². The van der Waals surface area contributed by atoms with Crippen LogP contribution in [0.2, 0.25) is 10.0 Å². The van der Waals surface area contributed by atoms with Gasteiger partial charge in [0.1, 0.15) is 4.21 Å². The van der Waals surface area contributed by atoms with E-state index in [2.05, 4.69) is 14.8 Å². The number of carbonyl (C=O) groups is 1. The molecule has 9 nitrogen and oxygen atoms in total. The lowest BCUT2D eigenvalue weighted by molar-refractivity contribution is 0.0601. The number of sulfonamides is 2. The summed E-state index contributed by atoms with van der Waals surface area (Å²) in [6.07, 6.45) is 0. The van der Waals surface area contributed by atoms with Crippen molar-refractivity contribution in [3.8, 4) is 0 Å². The summed E-state index contributed by atoms with van der Waals surface area (Å²) in [6.45, 7) is 0. The second-order valence-electron chi connectivity index (χ2n) is 6.40. The third kappa shape index (κ3) is 5.53. The average Bonchev–Trinajstić information content (AvgIpc) is 3.32. The summed E-state index contributed by atoms with van der Waals surface area (Å²) in [5, 5.41) is 4.36. The Bertz CT molecular complexity index is 1410. The van der Waals surface area contributed by atoms with E-state index in [-0.39, 0.29) is 36.1 Å². The molecule has 1 aromatic heterocycles. The van der Waals surface area contributed by atoms with E-state index in [9.17, 15) is 21.6 Å². The highest BCUT2D eigenvalue weighted by Gasteiger charge is 2.23.